The minimum Gasteiger partial charge on any atom is -0.478 e. The van der Waals surface area contributed by atoms with Gasteiger partial charge in [0.15, 0.2) is 5.58 Å². The molecule has 0 radical (unpaired) electrons. The highest BCUT2D eigenvalue weighted by atomic mass is 16.5. The van der Waals surface area contributed by atoms with E-state index >= 15 is 0 Å². The third-order valence-electron chi connectivity index (χ3n) is 3.32. The molecule has 1 aromatic heterocycles. The van der Waals surface area contributed by atoms with Crippen molar-refractivity contribution in [3.8, 4) is 0 Å². The van der Waals surface area contributed by atoms with Gasteiger partial charge in [-0.05, 0) is 31.5 Å². The highest BCUT2D eigenvalue weighted by Crippen LogP contribution is 2.23. The first-order chi connectivity index (χ1) is 9.13. The molecule has 0 spiro atoms. The van der Waals surface area contributed by atoms with E-state index in [2.05, 4.69) is 10.3 Å². The fourth-order valence-electron chi connectivity index (χ4n) is 2.20. The number of anilines is 1. The Balaban J connectivity index is 1.87. The lowest BCUT2D eigenvalue weighted by molar-refractivity contribution is 0.0697. The van der Waals surface area contributed by atoms with E-state index in [0.717, 1.165) is 13.0 Å². The molecule has 3 rings (SSSR count). The van der Waals surface area contributed by atoms with Crippen LogP contribution in [0, 0.1) is 0 Å². The van der Waals surface area contributed by atoms with Crippen LogP contribution in [-0.2, 0) is 4.74 Å². The van der Waals surface area contributed by atoms with Gasteiger partial charge in [-0.1, -0.05) is 0 Å². The maximum Gasteiger partial charge on any atom is 0.335 e. The molecule has 19 heavy (non-hydrogen) atoms. The third kappa shape index (κ3) is 2.26. The average molecular weight is 262 g/mol. The largest absolute Gasteiger partial charge is 0.478 e. The number of rotatable bonds is 3. The lowest BCUT2D eigenvalue weighted by Crippen LogP contribution is -2.26. The molecule has 1 aliphatic heterocycles. The number of carboxylic acid groups (broad SMARTS) is 1. The summed E-state index contributed by atoms with van der Waals surface area (Å²) in [6, 6.07) is 5.21. The zero-order valence-electron chi connectivity index (χ0n) is 10.4. The molecule has 2 heterocycles. The molecular weight excluding hydrogens is 248 g/mol. The number of carboxylic acids is 1. The predicted octanol–water partition coefficient (Wildman–Crippen LogP) is 2.12. The number of fused-ring (bicyclic) bond motifs is 1. The molecule has 1 aliphatic rings. The van der Waals surface area contributed by atoms with Crippen LogP contribution in [0.1, 0.15) is 23.7 Å². The van der Waals surface area contributed by atoms with Gasteiger partial charge in [0.2, 0.25) is 0 Å². The maximum absolute atomic E-state index is 10.9. The molecule has 6 heteroatoms. The van der Waals surface area contributed by atoms with Gasteiger partial charge >= 0.3 is 5.97 Å². The molecule has 0 aliphatic carbocycles. The number of oxazole rings is 1. The second-order valence-electron chi connectivity index (χ2n) is 4.62. The van der Waals surface area contributed by atoms with Gasteiger partial charge in [0.25, 0.3) is 6.01 Å². The average Bonchev–Trinajstić information content (AvgIpc) is 2.95. The van der Waals surface area contributed by atoms with Crippen molar-refractivity contribution in [1.29, 1.82) is 0 Å². The number of hydrogen-bond donors (Lipinski definition) is 2. The van der Waals surface area contributed by atoms with E-state index in [9.17, 15) is 4.79 Å². The summed E-state index contributed by atoms with van der Waals surface area (Å²) in [7, 11) is 0. The van der Waals surface area contributed by atoms with Gasteiger partial charge in [0.1, 0.15) is 5.52 Å². The third-order valence-corrected chi connectivity index (χ3v) is 3.32. The molecule has 0 saturated carbocycles. The topological polar surface area (TPSA) is 84.6 Å². The van der Waals surface area contributed by atoms with Gasteiger partial charge in [-0.2, -0.15) is 4.98 Å². The van der Waals surface area contributed by atoms with Gasteiger partial charge in [0, 0.05) is 6.61 Å². The number of nitrogens with one attached hydrogen (secondary N) is 1. The van der Waals surface area contributed by atoms with Gasteiger partial charge in [-0.15, -0.1) is 0 Å². The van der Waals surface area contributed by atoms with Gasteiger partial charge in [-0.3, -0.25) is 0 Å². The number of carbonyl (C=O) groups is 1. The monoisotopic (exact) mass is 262 g/mol. The Morgan fingerprint density at radius 3 is 3.05 bits per heavy atom. The Kier molecular flexibility index (Phi) is 2.87. The van der Waals surface area contributed by atoms with Crippen molar-refractivity contribution in [2.24, 2.45) is 0 Å². The van der Waals surface area contributed by atoms with Crippen LogP contribution in [-0.4, -0.2) is 34.8 Å². The van der Waals surface area contributed by atoms with Gasteiger partial charge < -0.3 is 19.6 Å². The van der Waals surface area contributed by atoms with Crippen LogP contribution < -0.4 is 5.32 Å². The van der Waals surface area contributed by atoms with Gasteiger partial charge in [0.05, 0.1) is 17.7 Å². The van der Waals surface area contributed by atoms with E-state index in [1.807, 2.05) is 6.92 Å². The Morgan fingerprint density at radius 1 is 1.53 bits per heavy atom. The van der Waals surface area contributed by atoms with E-state index in [-0.39, 0.29) is 17.7 Å². The van der Waals surface area contributed by atoms with Crippen LogP contribution in [0.2, 0.25) is 0 Å². The van der Waals surface area contributed by atoms with Crippen LogP contribution in [0.25, 0.3) is 11.1 Å². The first-order valence-corrected chi connectivity index (χ1v) is 6.15. The number of benzene rings is 1. The SMILES string of the molecule is CC1OCCC1Nc1nc2ccc(C(=O)O)cc2o1. The van der Waals surface area contributed by atoms with Crippen molar-refractivity contribution in [3.05, 3.63) is 23.8 Å². The molecule has 0 bridgehead atoms. The fraction of sp³-hybridized carbons (Fsp3) is 0.385. The lowest BCUT2D eigenvalue weighted by Gasteiger charge is -2.13. The molecule has 100 valence electrons. The number of aromatic nitrogens is 1. The zero-order chi connectivity index (χ0) is 13.4. The molecule has 2 N–H and O–H groups in total. The van der Waals surface area contributed by atoms with Crippen LogP contribution in [0.3, 0.4) is 0 Å². The summed E-state index contributed by atoms with van der Waals surface area (Å²) >= 11 is 0. The van der Waals surface area contributed by atoms with Crippen LogP contribution in [0.4, 0.5) is 6.01 Å². The Bertz CT molecular complexity index is 622. The van der Waals surface area contributed by atoms with E-state index < -0.39 is 5.97 Å². The lowest BCUT2D eigenvalue weighted by atomic mass is 10.2. The van der Waals surface area contributed by atoms with Crippen molar-refractivity contribution in [1.82, 2.24) is 4.98 Å². The summed E-state index contributed by atoms with van der Waals surface area (Å²) in [5, 5.41) is 12.1. The first-order valence-electron chi connectivity index (χ1n) is 6.15. The number of hydrogen-bond acceptors (Lipinski definition) is 5. The number of aromatic carboxylic acids is 1. The molecule has 1 aromatic carbocycles. The second kappa shape index (κ2) is 4.55. The molecule has 2 aromatic rings. The molecule has 1 saturated heterocycles. The first kappa shape index (κ1) is 12.0. The molecule has 2 unspecified atom stereocenters. The van der Waals surface area contributed by atoms with Crippen molar-refractivity contribution in [2.45, 2.75) is 25.5 Å². The van der Waals surface area contributed by atoms with Crippen LogP contribution >= 0.6 is 0 Å². The normalized spacial score (nSPS) is 22.8. The second-order valence-corrected chi connectivity index (χ2v) is 4.62. The predicted molar refractivity (Wildman–Crippen MR) is 68.4 cm³/mol. The van der Waals surface area contributed by atoms with E-state index in [0.29, 0.717) is 17.1 Å². The summed E-state index contributed by atoms with van der Waals surface area (Å²) in [5.41, 5.74) is 1.29. The highest BCUT2D eigenvalue weighted by Gasteiger charge is 2.25. The van der Waals surface area contributed by atoms with E-state index in [1.165, 1.54) is 12.1 Å². The maximum atomic E-state index is 10.9. The fourth-order valence-corrected chi connectivity index (χ4v) is 2.20. The minimum atomic E-state index is -0.981. The summed E-state index contributed by atoms with van der Waals surface area (Å²) in [6.45, 7) is 2.72. The summed E-state index contributed by atoms with van der Waals surface area (Å²) in [6.07, 6.45) is 1.02. The van der Waals surface area contributed by atoms with E-state index in [1.54, 1.807) is 6.07 Å². The Hall–Kier alpha value is -2.08. The van der Waals surface area contributed by atoms with Crippen molar-refractivity contribution >= 4 is 23.1 Å². The minimum absolute atomic E-state index is 0.115. The highest BCUT2D eigenvalue weighted by molar-refractivity contribution is 5.92. The summed E-state index contributed by atoms with van der Waals surface area (Å²) in [4.78, 5) is 15.2. The number of ether oxygens (including phenoxy) is 1. The van der Waals surface area contributed by atoms with E-state index in [4.69, 9.17) is 14.3 Å². The number of nitrogens with zero attached hydrogens (tertiary/aromatic N) is 1. The summed E-state index contributed by atoms with van der Waals surface area (Å²) in [5.74, 6) is -0.981. The van der Waals surface area contributed by atoms with Crippen LogP contribution in [0.15, 0.2) is 22.6 Å². The van der Waals surface area contributed by atoms with Crippen molar-refractivity contribution in [2.75, 3.05) is 11.9 Å². The molecule has 0 amide bonds. The van der Waals surface area contributed by atoms with Crippen LogP contribution in [0.5, 0.6) is 0 Å². The molecular formula is C13H14N2O4. The Labute approximate surface area is 109 Å². The van der Waals surface area contributed by atoms with Crippen molar-refractivity contribution < 1.29 is 19.1 Å². The smallest absolute Gasteiger partial charge is 0.335 e. The standard InChI is InChI=1S/C13H14N2O4/c1-7-9(4-5-18-7)14-13-15-10-3-2-8(12(16)17)6-11(10)19-13/h2-3,6-7,9H,4-5H2,1H3,(H,14,15)(H,16,17). The molecule has 1 fully saturated rings. The van der Waals surface area contributed by atoms with Gasteiger partial charge in [-0.25, -0.2) is 4.79 Å². The quantitative estimate of drug-likeness (QED) is 0.881. The summed E-state index contributed by atoms with van der Waals surface area (Å²) < 4.78 is 11.0. The zero-order valence-corrected chi connectivity index (χ0v) is 10.4. The Morgan fingerprint density at radius 2 is 2.37 bits per heavy atom. The molecule has 6 nitrogen and oxygen atoms in total. The molecule has 2 atom stereocenters. The van der Waals surface area contributed by atoms with Crippen molar-refractivity contribution in [3.63, 3.8) is 0 Å².